The molecule has 3 heterocycles. The van der Waals surface area contributed by atoms with E-state index in [4.69, 9.17) is 13.9 Å². The predicted molar refractivity (Wildman–Crippen MR) is 104 cm³/mol. The van der Waals surface area contributed by atoms with Gasteiger partial charge in [-0.15, -0.1) is 0 Å². The molecule has 5 rings (SSSR count). The molecule has 144 valence electrons. The third-order valence-corrected chi connectivity index (χ3v) is 5.29. The fraction of sp³-hybridized carbons (Fsp3) is 0.174. The molecule has 0 spiro atoms. The van der Waals surface area contributed by atoms with Gasteiger partial charge >= 0.3 is 5.97 Å². The largest absolute Gasteiger partial charge is 0.464 e. The number of hydrogen-bond donors (Lipinski definition) is 0. The monoisotopic (exact) mass is 388 g/mol. The van der Waals surface area contributed by atoms with Crippen LogP contribution in [0.5, 0.6) is 11.5 Å². The first-order valence-electron chi connectivity index (χ1n) is 9.23. The van der Waals surface area contributed by atoms with Crippen molar-refractivity contribution < 1.29 is 23.5 Å². The van der Waals surface area contributed by atoms with Crippen molar-refractivity contribution in [2.75, 3.05) is 0 Å². The van der Waals surface area contributed by atoms with Crippen molar-refractivity contribution in [3.05, 3.63) is 80.9 Å². The number of benzene rings is 2. The minimum atomic E-state index is -0.633. The molecule has 2 aliphatic heterocycles. The summed E-state index contributed by atoms with van der Waals surface area (Å²) in [7, 11) is 0. The molecule has 0 radical (unpaired) electrons. The topological polar surface area (TPSA) is 82.8 Å². The zero-order valence-corrected chi connectivity index (χ0v) is 15.8. The first kappa shape index (κ1) is 17.4. The van der Waals surface area contributed by atoms with Gasteiger partial charge in [0, 0.05) is 17.0 Å². The molecule has 6 nitrogen and oxygen atoms in total. The van der Waals surface area contributed by atoms with E-state index < -0.39 is 11.9 Å². The van der Waals surface area contributed by atoms with Gasteiger partial charge in [-0.05, 0) is 43.7 Å². The number of esters is 1. The summed E-state index contributed by atoms with van der Waals surface area (Å²) >= 11 is 0. The highest BCUT2D eigenvalue weighted by atomic mass is 16.5. The fourth-order valence-corrected chi connectivity index (χ4v) is 3.92. The smallest absolute Gasteiger partial charge is 0.312 e. The van der Waals surface area contributed by atoms with E-state index in [1.165, 1.54) is 6.26 Å². The summed E-state index contributed by atoms with van der Waals surface area (Å²) < 4.78 is 16.9. The van der Waals surface area contributed by atoms with Gasteiger partial charge in [0.15, 0.2) is 11.2 Å². The van der Waals surface area contributed by atoms with Crippen LogP contribution >= 0.6 is 0 Å². The molecule has 6 heteroatoms. The van der Waals surface area contributed by atoms with Crippen LogP contribution in [0.1, 0.15) is 47.7 Å². The number of fused-ring (bicyclic) bond motifs is 4. The second kappa shape index (κ2) is 6.17. The highest BCUT2D eigenvalue weighted by Gasteiger charge is 2.39. The van der Waals surface area contributed by atoms with Crippen LogP contribution in [0.2, 0.25) is 0 Å². The van der Waals surface area contributed by atoms with Gasteiger partial charge < -0.3 is 13.9 Å². The number of ketones is 1. The Kier molecular flexibility index (Phi) is 3.71. The van der Waals surface area contributed by atoms with E-state index in [1.807, 2.05) is 0 Å². The molecule has 1 atom stereocenters. The lowest BCUT2D eigenvalue weighted by molar-refractivity contribution is -0.135. The number of Topliss-reactive ketones (excluding diaryl/α,β-unsaturated/α-hetero) is 1. The number of para-hydroxylation sites is 1. The fourth-order valence-electron chi connectivity index (χ4n) is 3.92. The van der Waals surface area contributed by atoms with Gasteiger partial charge in [0.2, 0.25) is 5.78 Å². The normalized spacial score (nSPS) is 17.6. The lowest BCUT2D eigenvalue weighted by Crippen LogP contribution is -2.25. The van der Waals surface area contributed by atoms with Gasteiger partial charge in [-0.1, -0.05) is 12.1 Å². The molecule has 0 unspecified atom stereocenters. The van der Waals surface area contributed by atoms with Crippen molar-refractivity contribution >= 4 is 22.7 Å². The summed E-state index contributed by atoms with van der Waals surface area (Å²) in [6.07, 6.45) is 1.34. The molecule has 2 aromatic carbocycles. The molecular weight excluding hydrogens is 372 g/mol. The molecule has 29 heavy (non-hydrogen) atoms. The number of allylic oxidation sites excluding steroid dienone is 2. The van der Waals surface area contributed by atoms with Crippen LogP contribution in [0, 0.1) is 0 Å². The Morgan fingerprint density at radius 2 is 1.79 bits per heavy atom. The Balaban J connectivity index is 1.76. The van der Waals surface area contributed by atoms with Gasteiger partial charge in [0.1, 0.15) is 17.1 Å². The SMILES string of the molecule is CC(C)=C1Oc2c(ccc3c2[C@@H](c2coc4ccccc4c2=O)CC(=O)O3)C1=O. The Morgan fingerprint density at radius 1 is 1.00 bits per heavy atom. The molecule has 1 aromatic heterocycles. The molecule has 0 N–H and O–H groups in total. The number of carbonyl (C=O) groups is 2. The van der Waals surface area contributed by atoms with Crippen molar-refractivity contribution in [1.82, 2.24) is 0 Å². The quantitative estimate of drug-likeness (QED) is 0.355. The maximum atomic E-state index is 13.2. The number of hydrogen-bond acceptors (Lipinski definition) is 6. The highest BCUT2D eigenvalue weighted by Crippen LogP contribution is 2.48. The van der Waals surface area contributed by atoms with Gasteiger partial charge in [0.05, 0.1) is 23.6 Å². The Labute approximate surface area is 165 Å². The van der Waals surface area contributed by atoms with Crippen LogP contribution in [0.4, 0.5) is 0 Å². The van der Waals surface area contributed by atoms with E-state index in [9.17, 15) is 14.4 Å². The van der Waals surface area contributed by atoms with Crippen molar-refractivity contribution in [2.45, 2.75) is 26.2 Å². The van der Waals surface area contributed by atoms with Crippen molar-refractivity contribution in [1.29, 1.82) is 0 Å². The van der Waals surface area contributed by atoms with Gasteiger partial charge in [-0.3, -0.25) is 14.4 Å². The van der Waals surface area contributed by atoms with E-state index in [0.717, 1.165) is 5.57 Å². The van der Waals surface area contributed by atoms with E-state index in [0.29, 0.717) is 39.2 Å². The Hall–Kier alpha value is -3.67. The van der Waals surface area contributed by atoms with E-state index in [1.54, 1.807) is 50.2 Å². The van der Waals surface area contributed by atoms with E-state index >= 15 is 0 Å². The van der Waals surface area contributed by atoms with Crippen LogP contribution in [0.3, 0.4) is 0 Å². The minimum absolute atomic E-state index is 0.0474. The molecule has 0 saturated heterocycles. The summed E-state index contributed by atoms with van der Waals surface area (Å²) in [6, 6.07) is 10.1. The molecule has 0 aliphatic carbocycles. The first-order valence-corrected chi connectivity index (χ1v) is 9.23. The van der Waals surface area contributed by atoms with Crippen LogP contribution in [-0.2, 0) is 4.79 Å². The number of ether oxygens (including phenoxy) is 2. The molecule has 2 aliphatic rings. The summed E-state index contributed by atoms with van der Waals surface area (Å²) in [5.74, 6) is -0.416. The summed E-state index contributed by atoms with van der Waals surface area (Å²) in [4.78, 5) is 38.1. The third-order valence-electron chi connectivity index (χ3n) is 5.29. The molecular formula is C23H16O6. The molecule has 3 aromatic rings. The maximum Gasteiger partial charge on any atom is 0.312 e. The standard InChI is InChI=1S/C23H16O6/c1-11(2)22-21(26)13-7-8-17-19(23(13)29-22)14(9-18(24)28-17)15-10-27-16-6-4-3-5-12(16)20(15)25/h3-8,10,14H,9H2,1-2H3/t14-/m1/s1. The summed E-state index contributed by atoms with van der Waals surface area (Å²) in [5, 5.41) is 0.431. The predicted octanol–water partition coefficient (Wildman–Crippen LogP) is 4.10. The maximum absolute atomic E-state index is 13.2. The zero-order chi connectivity index (χ0) is 20.3. The van der Waals surface area contributed by atoms with Crippen LogP contribution in [0.25, 0.3) is 11.0 Å². The van der Waals surface area contributed by atoms with Crippen LogP contribution in [0.15, 0.2) is 63.2 Å². The second-order valence-electron chi connectivity index (χ2n) is 7.36. The van der Waals surface area contributed by atoms with Crippen LogP contribution < -0.4 is 14.9 Å². The van der Waals surface area contributed by atoms with Crippen molar-refractivity contribution in [3.8, 4) is 11.5 Å². The molecule has 0 amide bonds. The lowest BCUT2D eigenvalue weighted by Gasteiger charge is -2.25. The van der Waals surface area contributed by atoms with Crippen molar-refractivity contribution in [2.24, 2.45) is 0 Å². The summed E-state index contributed by atoms with van der Waals surface area (Å²) in [5.41, 5.74) is 2.24. The van der Waals surface area contributed by atoms with Crippen molar-refractivity contribution in [3.63, 3.8) is 0 Å². The average molecular weight is 388 g/mol. The molecule has 0 bridgehead atoms. The number of rotatable bonds is 1. The van der Waals surface area contributed by atoms with E-state index in [2.05, 4.69) is 0 Å². The minimum Gasteiger partial charge on any atom is -0.464 e. The van der Waals surface area contributed by atoms with Gasteiger partial charge in [-0.2, -0.15) is 0 Å². The van der Waals surface area contributed by atoms with Gasteiger partial charge in [-0.25, -0.2) is 0 Å². The second-order valence-corrected chi connectivity index (χ2v) is 7.36. The zero-order valence-electron chi connectivity index (χ0n) is 15.8. The lowest BCUT2D eigenvalue weighted by atomic mass is 9.85. The third kappa shape index (κ3) is 2.52. The molecule has 0 fully saturated rings. The number of carbonyl (C=O) groups excluding carboxylic acids is 2. The van der Waals surface area contributed by atoms with E-state index in [-0.39, 0.29) is 23.4 Å². The Bertz CT molecular complexity index is 1310. The van der Waals surface area contributed by atoms with Crippen LogP contribution in [-0.4, -0.2) is 11.8 Å². The Morgan fingerprint density at radius 3 is 2.59 bits per heavy atom. The van der Waals surface area contributed by atoms with Gasteiger partial charge in [0.25, 0.3) is 0 Å². The highest BCUT2D eigenvalue weighted by molar-refractivity contribution is 6.13. The average Bonchev–Trinajstić information content (AvgIpc) is 3.05. The summed E-state index contributed by atoms with van der Waals surface area (Å²) in [6.45, 7) is 3.59. The first-order chi connectivity index (χ1) is 14.0. The molecule has 0 saturated carbocycles.